The van der Waals surface area contributed by atoms with Gasteiger partial charge in [-0.25, -0.2) is 0 Å². The molecule has 0 aromatic heterocycles. The SMILES string of the molecule is O=C[C@@H]1C/C=C\COCCOc2ccccc2C(=O)N1. The molecule has 1 aromatic carbocycles. The van der Waals surface area contributed by atoms with Crippen LogP contribution >= 0.6 is 0 Å². The van der Waals surface area contributed by atoms with Gasteiger partial charge in [-0.3, -0.25) is 4.79 Å². The molecule has 0 spiro atoms. The predicted octanol–water partition coefficient (Wildman–Crippen LogP) is 1.34. The number of hydrogen-bond donors (Lipinski definition) is 1. The van der Waals surface area contributed by atoms with Gasteiger partial charge in [0, 0.05) is 0 Å². The molecule has 0 unspecified atom stereocenters. The minimum Gasteiger partial charge on any atom is -0.490 e. The minimum absolute atomic E-state index is 0.314. The van der Waals surface area contributed by atoms with Crippen molar-refractivity contribution in [2.24, 2.45) is 0 Å². The first-order valence-corrected chi connectivity index (χ1v) is 6.52. The number of amides is 1. The number of para-hydroxylation sites is 1. The van der Waals surface area contributed by atoms with Gasteiger partial charge in [0.05, 0.1) is 24.8 Å². The summed E-state index contributed by atoms with van der Waals surface area (Å²) in [5.74, 6) is 0.178. The van der Waals surface area contributed by atoms with Crippen molar-refractivity contribution in [1.29, 1.82) is 0 Å². The summed E-state index contributed by atoms with van der Waals surface area (Å²) in [4.78, 5) is 23.2. The van der Waals surface area contributed by atoms with Crippen molar-refractivity contribution < 1.29 is 19.1 Å². The Bertz CT molecular complexity index is 498. The van der Waals surface area contributed by atoms with Crippen LogP contribution in [0.15, 0.2) is 36.4 Å². The fourth-order valence-electron chi connectivity index (χ4n) is 1.85. The largest absolute Gasteiger partial charge is 0.490 e. The van der Waals surface area contributed by atoms with Crippen molar-refractivity contribution in [2.45, 2.75) is 12.5 Å². The van der Waals surface area contributed by atoms with Gasteiger partial charge in [0.1, 0.15) is 18.6 Å². The summed E-state index contributed by atoms with van der Waals surface area (Å²) < 4.78 is 10.9. The van der Waals surface area contributed by atoms with Gasteiger partial charge in [0.2, 0.25) is 0 Å². The van der Waals surface area contributed by atoms with Crippen LogP contribution in [0.2, 0.25) is 0 Å². The molecule has 0 bridgehead atoms. The second kappa shape index (κ2) is 7.45. The normalized spacial score (nSPS) is 22.0. The molecule has 1 heterocycles. The smallest absolute Gasteiger partial charge is 0.255 e. The fourth-order valence-corrected chi connectivity index (χ4v) is 1.85. The highest BCUT2D eigenvalue weighted by atomic mass is 16.5. The molecule has 1 aliphatic heterocycles. The van der Waals surface area contributed by atoms with Crippen molar-refractivity contribution in [3.63, 3.8) is 0 Å². The van der Waals surface area contributed by atoms with E-state index < -0.39 is 6.04 Å². The van der Waals surface area contributed by atoms with Crippen LogP contribution in [0.5, 0.6) is 5.75 Å². The number of rotatable bonds is 1. The number of benzene rings is 1. The van der Waals surface area contributed by atoms with Crippen molar-refractivity contribution in [3.05, 3.63) is 42.0 Å². The summed E-state index contributed by atoms with van der Waals surface area (Å²) in [6.45, 7) is 1.27. The third-order valence-corrected chi connectivity index (χ3v) is 2.87. The quantitative estimate of drug-likeness (QED) is 0.620. The lowest BCUT2D eigenvalue weighted by molar-refractivity contribution is -0.109. The number of hydrogen-bond acceptors (Lipinski definition) is 4. The molecule has 0 aliphatic carbocycles. The van der Waals surface area contributed by atoms with Gasteiger partial charge in [-0.2, -0.15) is 0 Å². The molecule has 5 heteroatoms. The lowest BCUT2D eigenvalue weighted by Gasteiger charge is -2.13. The molecule has 1 N–H and O–H groups in total. The Hall–Kier alpha value is -2.14. The fraction of sp³-hybridized carbons (Fsp3) is 0.333. The van der Waals surface area contributed by atoms with Crippen molar-refractivity contribution in [3.8, 4) is 5.75 Å². The molecule has 1 aromatic rings. The van der Waals surface area contributed by atoms with Gasteiger partial charge in [-0.15, -0.1) is 0 Å². The van der Waals surface area contributed by atoms with E-state index in [9.17, 15) is 9.59 Å². The third-order valence-electron chi connectivity index (χ3n) is 2.87. The summed E-state index contributed by atoms with van der Waals surface area (Å²) in [5.41, 5.74) is 0.419. The molecule has 2 rings (SSSR count). The summed E-state index contributed by atoms with van der Waals surface area (Å²) >= 11 is 0. The van der Waals surface area contributed by atoms with Gasteiger partial charge in [-0.1, -0.05) is 24.3 Å². The van der Waals surface area contributed by atoms with Gasteiger partial charge >= 0.3 is 0 Å². The van der Waals surface area contributed by atoms with Gasteiger partial charge in [0.25, 0.3) is 5.91 Å². The monoisotopic (exact) mass is 275 g/mol. The van der Waals surface area contributed by atoms with Gasteiger partial charge < -0.3 is 19.6 Å². The summed E-state index contributed by atoms with van der Waals surface area (Å²) in [5, 5.41) is 2.68. The summed E-state index contributed by atoms with van der Waals surface area (Å²) in [7, 11) is 0. The Morgan fingerprint density at radius 1 is 1.20 bits per heavy atom. The van der Waals surface area contributed by atoms with E-state index in [4.69, 9.17) is 9.47 Å². The van der Waals surface area contributed by atoms with E-state index in [-0.39, 0.29) is 5.91 Å². The predicted molar refractivity (Wildman–Crippen MR) is 73.8 cm³/mol. The van der Waals surface area contributed by atoms with Crippen LogP contribution in [0.4, 0.5) is 0 Å². The molecule has 0 fully saturated rings. The topological polar surface area (TPSA) is 64.6 Å². The second-order valence-electron chi connectivity index (χ2n) is 4.34. The van der Waals surface area contributed by atoms with Crippen LogP contribution in [0.1, 0.15) is 16.8 Å². The van der Waals surface area contributed by atoms with Crippen LogP contribution in [0.3, 0.4) is 0 Å². The maximum atomic E-state index is 12.2. The van der Waals surface area contributed by atoms with E-state index in [0.29, 0.717) is 37.6 Å². The van der Waals surface area contributed by atoms with Crippen molar-refractivity contribution >= 4 is 12.2 Å². The number of carbonyl (C=O) groups is 2. The highest BCUT2D eigenvalue weighted by Crippen LogP contribution is 2.18. The van der Waals surface area contributed by atoms with Crippen LogP contribution < -0.4 is 10.1 Å². The van der Waals surface area contributed by atoms with Gasteiger partial charge in [0.15, 0.2) is 0 Å². The number of aldehydes is 1. The first-order chi connectivity index (χ1) is 9.81. The lowest BCUT2D eigenvalue weighted by Crippen LogP contribution is -2.35. The van der Waals surface area contributed by atoms with E-state index in [1.54, 1.807) is 24.3 Å². The molecule has 1 amide bonds. The Morgan fingerprint density at radius 2 is 2.05 bits per heavy atom. The standard InChI is InChI=1S/C15H17NO4/c17-11-12-5-3-4-8-19-9-10-20-14-7-2-1-6-13(14)15(18)16-12/h1-4,6-7,11-12H,5,8-10H2,(H,16,18)/b4-3-/t12-/m0/s1. The Balaban J connectivity index is 2.20. The minimum atomic E-state index is -0.549. The summed E-state index contributed by atoms with van der Waals surface area (Å²) in [6.07, 6.45) is 4.82. The highest BCUT2D eigenvalue weighted by Gasteiger charge is 2.16. The van der Waals surface area contributed by atoms with E-state index in [1.807, 2.05) is 12.2 Å². The molecular weight excluding hydrogens is 258 g/mol. The number of carbonyl (C=O) groups excluding carboxylic acids is 2. The van der Waals surface area contributed by atoms with Gasteiger partial charge in [-0.05, 0) is 18.6 Å². The first kappa shape index (κ1) is 14.3. The second-order valence-corrected chi connectivity index (χ2v) is 4.34. The highest BCUT2D eigenvalue weighted by molar-refractivity contribution is 5.98. The van der Waals surface area contributed by atoms with E-state index in [1.165, 1.54) is 0 Å². The van der Waals surface area contributed by atoms with Crippen LogP contribution in [-0.4, -0.2) is 38.1 Å². The first-order valence-electron chi connectivity index (χ1n) is 6.52. The average Bonchev–Trinajstić information content (AvgIpc) is 2.49. The average molecular weight is 275 g/mol. The van der Waals surface area contributed by atoms with Crippen molar-refractivity contribution in [2.75, 3.05) is 19.8 Å². The molecule has 5 nitrogen and oxygen atoms in total. The Kier molecular flexibility index (Phi) is 5.32. The molecule has 0 saturated heterocycles. The molecule has 20 heavy (non-hydrogen) atoms. The molecule has 0 saturated carbocycles. The van der Waals surface area contributed by atoms with E-state index >= 15 is 0 Å². The maximum absolute atomic E-state index is 12.2. The van der Waals surface area contributed by atoms with E-state index in [0.717, 1.165) is 6.29 Å². The number of fused-ring (bicyclic) bond motifs is 1. The number of ether oxygens (including phenoxy) is 2. The molecule has 1 aliphatic rings. The maximum Gasteiger partial charge on any atom is 0.255 e. The Labute approximate surface area is 117 Å². The zero-order chi connectivity index (χ0) is 14.2. The van der Waals surface area contributed by atoms with Crippen molar-refractivity contribution in [1.82, 2.24) is 5.32 Å². The van der Waals surface area contributed by atoms with Crippen LogP contribution in [0, 0.1) is 0 Å². The molecule has 1 atom stereocenters. The Morgan fingerprint density at radius 3 is 2.90 bits per heavy atom. The zero-order valence-electron chi connectivity index (χ0n) is 11.1. The van der Waals surface area contributed by atoms with E-state index in [2.05, 4.69) is 5.32 Å². The van der Waals surface area contributed by atoms with Crippen LogP contribution in [-0.2, 0) is 9.53 Å². The lowest BCUT2D eigenvalue weighted by atomic mass is 10.1. The molecular formula is C15H17NO4. The molecule has 106 valence electrons. The zero-order valence-corrected chi connectivity index (χ0v) is 11.1. The third kappa shape index (κ3) is 3.93. The number of nitrogens with one attached hydrogen (secondary N) is 1. The summed E-state index contributed by atoms with van der Waals surface area (Å²) in [6, 6.07) is 6.40. The van der Waals surface area contributed by atoms with Crippen LogP contribution in [0.25, 0.3) is 0 Å². The molecule has 0 radical (unpaired) electrons.